The SMILES string of the molecule is CCCCC1NCN(CC2(C)CCCS2)C1=O. The minimum Gasteiger partial charge on any atom is -0.327 e. The molecule has 2 saturated heterocycles. The lowest BCUT2D eigenvalue weighted by atomic mass is 10.0. The molecule has 2 rings (SSSR count). The third kappa shape index (κ3) is 3.16. The molecule has 4 heteroatoms. The zero-order valence-electron chi connectivity index (χ0n) is 11.0. The maximum absolute atomic E-state index is 12.2. The van der Waals surface area contributed by atoms with E-state index < -0.39 is 0 Å². The van der Waals surface area contributed by atoms with Crippen LogP contribution in [0.25, 0.3) is 0 Å². The summed E-state index contributed by atoms with van der Waals surface area (Å²) in [4.78, 5) is 14.2. The molecule has 2 aliphatic rings. The van der Waals surface area contributed by atoms with E-state index in [1.807, 2.05) is 16.7 Å². The average molecular weight is 256 g/mol. The predicted octanol–water partition coefficient (Wildman–Crippen LogP) is 2.22. The Hall–Kier alpha value is -0.220. The van der Waals surface area contributed by atoms with Gasteiger partial charge in [-0.25, -0.2) is 0 Å². The van der Waals surface area contributed by atoms with Crippen LogP contribution in [0, 0.1) is 0 Å². The van der Waals surface area contributed by atoms with Gasteiger partial charge < -0.3 is 4.90 Å². The maximum atomic E-state index is 12.2. The van der Waals surface area contributed by atoms with E-state index in [1.165, 1.54) is 25.0 Å². The molecule has 2 fully saturated rings. The number of carbonyl (C=O) groups is 1. The van der Waals surface area contributed by atoms with E-state index >= 15 is 0 Å². The Morgan fingerprint density at radius 3 is 3.06 bits per heavy atom. The van der Waals surface area contributed by atoms with Gasteiger partial charge in [0.15, 0.2) is 0 Å². The second-order valence-electron chi connectivity index (χ2n) is 5.50. The third-order valence-electron chi connectivity index (χ3n) is 3.81. The summed E-state index contributed by atoms with van der Waals surface area (Å²) in [5, 5.41) is 3.35. The van der Waals surface area contributed by atoms with Crippen LogP contribution in [0.3, 0.4) is 0 Å². The molecule has 2 heterocycles. The Morgan fingerprint density at radius 1 is 1.59 bits per heavy atom. The summed E-state index contributed by atoms with van der Waals surface area (Å²) in [7, 11) is 0. The maximum Gasteiger partial charge on any atom is 0.240 e. The molecule has 0 aromatic carbocycles. The molecule has 1 amide bonds. The van der Waals surface area contributed by atoms with E-state index in [0.29, 0.717) is 10.7 Å². The second kappa shape index (κ2) is 5.61. The van der Waals surface area contributed by atoms with E-state index in [1.54, 1.807) is 0 Å². The molecule has 0 radical (unpaired) electrons. The van der Waals surface area contributed by atoms with Gasteiger partial charge in [0.1, 0.15) is 0 Å². The van der Waals surface area contributed by atoms with E-state index in [0.717, 1.165) is 26.1 Å². The highest BCUT2D eigenvalue weighted by molar-refractivity contribution is 8.00. The molecule has 17 heavy (non-hydrogen) atoms. The molecule has 0 aromatic heterocycles. The van der Waals surface area contributed by atoms with Gasteiger partial charge in [-0.1, -0.05) is 19.8 Å². The third-order valence-corrected chi connectivity index (χ3v) is 5.33. The number of amides is 1. The fraction of sp³-hybridized carbons (Fsp3) is 0.923. The van der Waals surface area contributed by atoms with E-state index in [4.69, 9.17) is 0 Å². The molecule has 0 saturated carbocycles. The molecule has 0 bridgehead atoms. The van der Waals surface area contributed by atoms with Crippen LogP contribution in [0.15, 0.2) is 0 Å². The number of unbranched alkanes of at least 4 members (excludes halogenated alkanes) is 1. The quantitative estimate of drug-likeness (QED) is 0.818. The van der Waals surface area contributed by atoms with Crippen molar-refractivity contribution in [2.75, 3.05) is 19.0 Å². The van der Waals surface area contributed by atoms with Crippen LogP contribution in [-0.2, 0) is 4.79 Å². The van der Waals surface area contributed by atoms with Crippen LogP contribution in [0.2, 0.25) is 0 Å². The van der Waals surface area contributed by atoms with E-state index in [2.05, 4.69) is 19.2 Å². The smallest absolute Gasteiger partial charge is 0.240 e. The van der Waals surface area contributed by atoms with Gasteiger partial charge in [0.25, 0.3) is 0 Å². The van der Waals surface area contributed by atoms with Gasteiger partial charge in [0, 0.05) is 11.3 Å². The highest BCUT2D eigenvalue weighted by Crippen LogP contribution is 2.38. The summed E-state index contributed by atoms with van der Waals surface area (Å²) in [5.41, 5.74) is 0. The van der Waals surface area contributed by atoms with Gasteiger partial charge in [-0.15, -0.1) is 0 Å². The summed E-state index contributed by atoms with van der Waals surface area (Å²) in [5.74, 6) is 1.58. The van der Waals surface area contributed by atoms with Crippen molar-refractivity contribution >= 4 is 17.7 Å². The zero-order valence-corrected chi connectivity index (χ0v) is 11.8. The van der Waals surface area contributed by atoms with Crippen molar-refractivity contribution < 1.29 is 4.79 Å². The molecule has 98 valence electrons. The van der Waals surface area contributed by atoms with Crippen molar-refractivity contribution in [3.05, 3.63) is 0 Å². The number of thioether (sulfide) groups is 1. The van der Waals surface area contributed by atoms with Gasteiger partial charge in [-0.2, -0.15) is 11.8 Å². The molecule has 2 aliphatic heterocycles. The monoisotopic (exact) mass is 256 g/mol. The lowest BCUT2D eigenvalue weighted by molar-refractivity contribution is -0.129. The van der Waals surface area contributed by atoms with Gasteiger partial charge in [0.05, 0.1) is 12.7 Å². The lowest BCUT2D eigenvalue weighted by Crippen LogP contribution is -2.39. The fourth-order valence-electron chi connectivity index (χ4n) is 2.74. The highest BCUT2D eigenvalue weighted by Gasteiger charge is 2.37. The van der Waals surface area contributed by atoms with Crippen molar-refractivity contribution in [3.63, 3.8) is 0 Å². The molecule has 0 spiro atoms. The molecular weight excluding hydrogens is 232 g/mol. The number of rotatable bonds is 5. The Labute approximate surface area is 109 Å². The summed E-state index contributed by atoms with van der Waals surface area (Å²) in [6.45, 7) is 6.15. The largest absolute Gasteiger partial charge is 0.327 e. The lowest BCUT2D eigenvalue weighted by Gasteiger charge is -2.28. The van der Waals surface area contributed by atoms with Crippen LogP contribution < -0.4 is 5.32 Å². The van der Waals surface area contributed by atoms with Gasteiger partial charge >= 0.3 is 0 Å². The number of hydrogen-bond donors (Lipinski definition) is 1. The number of nitrogens with zero attached hydrogens (tertiary/aromatic N) is 1. The Kier molecular flexibility index (Phi) is 4.36. The van der Waals surface area contributed by atoms with Crippen molar-refractivity contribution in [2.24, 2.45) is 0 Å². The Balaban J connectivity index is 1.84. The first-order valence-electron chi connectivity index (χ1n) is 6.81. The Morgan fingerprint density at radius 2 is 2.41 bits per heavy atom. The molecule has 3 nitrogen and oxygen atoms in total. The molecular formula is C13H24N2OS. The predicted molar refractivity (Wildman–Crippen MR) is 73.1 cm³/mol. The second-order valence-corrected chi connectivity index (χ2v) is 7.18. The number of nitrogens with one attached hydrogen (secondary N) is 1. The summed E-state index contributed by atoms with van der Waals surface area (Å²) in [6.07, 6.45) is 5.86. The van der Waals surface area contributed by atoms with Crippen molar-refractivity contribution in [3.8, 4) is 0 Å². The minimum absolute atomic E-state index is 0.0879. The summed E-state index contributed by atoms with van der Waals surface area (Å²) < 4.78 is 0.303. The minimum atomic E-state index is 0.0879. The van der Waals surface area contributed by atoms with Crippen LogP contribution in [0.4, 0.5) is 0 Å². The molecule has 2 unspecified atom stereocenters. The molecule has 2 atom stereocenters. The van der Waals surface area contributed by atoms with Crippen LogP contribution >= 0.6 is 11.8 Å². The molecule has 0 aromatic rings. The first-order chi connectivity index (χ1) is 8.14. The molecule has 0 aliphatic carbocycles. The summed E-state index contributed by atoms with van der Waals surface area (Å²) in [6, 6.07) is 0.0879. The molecule has 1 N–H and O–H groups in total. The Bertz CT molecular complexity index is 277. The van der Waals surface area contributed by atoms with E-state index in [9.17, 15) is 4.79 Å². The van der Waals surface area contributed by atoms with Crippen molar-refractivity contribution in [2.45, 2.75) is 56.7 Å². The van der Waals surface area contributed by atoms with Gasteiger partial charge in [-0.05, 0) is 31.9 Å². The van der Waals surface area contributed by atoms with Gasteiger partial charge in [0.2, 0.25) is 5.91 Å². The van der Waals surface area contributed by atoms with Gasteiger partial charge in [-0.3, -0.25) is 10.1 Å². The summed E-state index contributed by atoms with van der Waals surface area (Å²) >= 11 is 2.03. The first-order valence-corrected chi connectivity index (χ1v) is 7.79. The van der Waals surface area contributed by atoms with E-state index in [-0.39, 0.29) is 6.04 Å². The number of carbonyl (C=O) groups excluding carboxylic acids is 1. The van der Waals surface area contributed by atoms with Crippen molar-refractivity contribution in [1.29, 1.82) is 0 Å². The average Bonchev–Trinajstić information content (AvgIpc) is 2.86. The topological polar surface area (TPSA) is 32.3 Å². The standard InChI is InChI=1S/C13H24N2OS/c1-3-4-6-11-12(16)15(10-14-11)9-13(2)7-5-8-17-13/h11,14H,3-10H2,1-2H3. The number of hydrogen-bond acceptors (Lipinski definition) is 3. The normalized spacial score (nSPS) is 33.6. The zero-order chi connectivity index (χ0) is 12.3. The van der Waals surface area contributed by atoms with Crippen LogP contribution in [0.5, 0.6) is 0 Å². The fourth-order valence-corrected chi connectivity index (χ4v) is 4.06. The van der Waals surface area contributed by atoms with Crippen LogP contribution in [-0.4, -0.2) is 40.6 Å². The highest BCUT2D eigenvalue weighted by atomic mass is 32.2. The first kappa shape index (κ1) is 13.2. The van der Waals surface area contributed by atoms with Crippen molar-refractivity contribution in [1.82, 2.24) is 10.2 Å². The van der Waals surface area contributed by atoms with Crippen LogP contribution in [0.1, 0.15) is 46.0 Å².